The van der Waals surface area contributed by atoms with Crippen LogP contribution < -0.4 is 16.4 Å². The minimum absolute atomic E-state index is 0.0720. The summed E-state index contributed by atoms with van der Waals surface area (Å²) in [4.78, 5) is 25.3. The van der Waals surface area contributed by atoms with Crippen LogP contribution in [0, 0.1) is 0 Å². The summed E-state index contributed by atoms with van der Waals surface area (Å²) in [6.45, 7) is 5.85. The van der Waals surface area contributed by atoms with Crippen LogP contribution in [0.15, 0.2) is 24.3 Å². The van der Waals surface area contributed by atoms with Crippen molar-refractivity contribution in [1.82, 2.24) is 10.2 Å². The molecule has 6 heteroatoms. The normalized spacial score (nSPS) is 10.5. The number of carbonyl (C=O) groups excluding carboxylic acids is 2. The Hall–Kier alpha value is -1.92. The first-order valence-corrected chi connectivity index (χ1v) is 7.16. The van der Waals surface area contributed by atoms with Crippen molar-refractivity contribution in [3.05, 3.63) is 29.8 Å². The molecule has 0 aliphatic heterocycles. The molecule has 2 amide bonds. The first kappa shape index (κ1) is 17.1. The minimum atomic E-state index is -0.143. The van der Waals surface area contributed by atoms with Crippen LogP contribution in [0.3, 0.4) is 0 Å². The standard InChI is InChI=1S/C15H24N4O2/c1-3-17-14(20)10-19(4-2)11-15(21)18-13-7-5-6-12(8-13)9-16/h5-8H,3-4,9-11,16H2,1-2H3,(H,17,20)(H,18,21). The first-order valence-electron chi connectivity index (χ1n) is 7.16. The lowest BCUT2D eigenvalue weighted by molar-refractivity contribution is -0.123. The third-order valence-corrected chi connectivity index (χ3v) is 3.00. The molecule has 6 nitrogen and oxygen atoms in total. The summed E-state index contributed by atoms with van der Waals surface area (Å²) in [5.41, 5.74) is 7.25. The zero-order valence-electron chi connectivity index (χ0n) is 12.7. The van der Waals surface area contributed by atoms with E-state index in [-0.39, 0.29) is 24.9 Å². The number of hydrogen-bond donors (Lipinski definition) is 3. The predicted octanol–water partition coefficient (Wildman–Crippen LogP) is 0.542. The van der Waals surface area contributed by atoms with Gasteiger partial charge >= 0.3 is 0 Å². The Morgan fingerprint density at radius 3 is 2.52 bits per heavy atom. The lowest BCUT2D eigenvalue weighted by Crippen LogP contribution is -2.41. The Kier molecular flexibility index (Phi) is 7.42. The number of nitrogens with zero attached hydrogens (tertiary/aromatic N) is 1. The Morgan fingerprint density at radius 2 is 1.90 bits per heavy atom. The maximum atomic E-state index is 12.0. The van der Waals surface area contributed by atoms with Gasteiger partial charge in [0.1, 0.15) is 0 Å². The van der Waals surface area contributed by atoms with E-state index in [1.807, 2.05) is 38.1 Å². The van der Waals surface area contributed by atoms with Crippen molar-refractivity contribution in [2.75, 3.05) is 31.5 Å². The van der Waals surface area contributed by atoms with Crippen molar-refractivity contribution in [3.63, 3.8) is 0 Å². The van der Waals surface area contributed by atoms with E-state index < -0.39 is 0 Å². The van der Waals surface area contributed by atoms with E-state index in [0.717, 1.165) is 11.3 Å². The van der Waals surface area contributed by atoms with Crippen LogP contribution in [0.2, 0.25) is 0 Å². The summed E-state index contributed by atoms with van der Waals surface area (Å²) in [6, 6.07) is 7.42. The molecular formula is C15H24N4O2. The van der Waals surface area contributed by atoms with Gasteiger partial charge in [0.05, 0.1) is 13.1 Å². The summed E-state index contributed by atoms with van der Waals surface area (Å²) in [5.74, 6) is -0.215. The highest BCUT2D eigenvalue weighted by molar-refractivity contribution is 5.92. The third-order valence-electron chi connectivity index (χ3n) is 3.00. The highest BCUT2D eigenvalue weighted by Gasteiger charge is 2.12. The van der Waals surface area contributed by atoms with E-state index in [2.05, 4.69) is 10.6 Å². The minimum Gasteiger partial charge on any atom is -0.355 e. The monoisotopic (exact) mass is 292 g/mol. The van der Waals surface area contributed by atoms with E-state index in [9.17, 15) is 9.59 Å². The lowest BCUT2D eigenvalue weighted by atomic mass is 10.2. The first-order chi connectivity index (χ1) is 10.1. The van der Waals surface area contributed by atoms with Gasteiger partial charge in [0, 0.05) is 18.8 Å². The summed E-state index contributed by atoms with van der Waals surface area (Å²) in [7, 11) is 0. The molecule has 0 bridgehead atoms. The van der Waals surface area contributed by atoms with E-state index in [1.165, 1.54) is 0 Å². The van der Waals surface area contributed by atoms with E-state index in [4.69, 9.17) is 5.73 Å². The van der Waals surface area contributed by atoms with Gasteiger partial charge in [0.2, 0.25) is 11.8 Å². The van der Waals surface area contributed by atoms with Crippen LogP contribution in [0.5, 0.6) is 0 Å². The molecular weight excluding hydrogens is 268 g/mol. The van der Waals surface area contributed by atoms with Crippen LogP contribution in [-0.4, -0.2) is 42.9 Å². The number of likely N-dealkylation sites (N-methyl/N-ethyl adjacent to an activating group) is 2. The van der Waals surface area contributed by atoms with Crippen LogP contribution in [0.1, 0.15) is 19.4 Å². The molecule has 0 aliphatic rings. The number of rotatable bonds is 8. The van der Waals surface area contributed by atoms with Gasteiger partial charge in [-0.1, -0.05) is 19.1 Å². The van der Waals surface area contributed by atoms with Gasteiger partial charge in [-0.2, -0.15) is 0 Å². The van der Waals surface area contributed by atoms with Crippen molar-refractivity contribution in [2.24, 2.45) is 5.73 Å². The number of anilines is 1. The molecule has 116 valence electrons. The van der Waals surface area contributed by atoms with Crippen molar-refractivity contribution in [1.29, 1.82) is 0 Å². The molecule has 1 aromatic rings. The maximum absolute atomic E-state index is 12.0. The SMILES string of the molecule is CCNC(=O)CN(CC)CC(=O)Nc1cccc(CN)c1. The largest absolute Gasteiger partial charge is 0.355 e. The second-order valence-electron chi connectivity index (χ2n) is 4.71. The fourth-order valence-electron chi connectivity index (χ4n) is 1.92. The molecule has 0 atom stereocenters. The number of carbonyl (C=O) groups is 2. The second kappa shape index (κ2) is 9.10. The summed E-state index contributed by atoms with van der Waals surface area (Å²) >= 11 is 0. The summed E-state index contributed by atoms with van der Waals surface area (Å²) < 4.78 is 0. The van der Waals surface area contributed by atoms with Gasteiger partial charge in [-0.05, 0) is 31.2 Å². The molecule has 4 N–H and O–H groups in total. The molecule has 0 heterocycles. The van der Waals surface area contributed by atoms with Gasteiger partial charge in [0.25, 0.3) is 0 Å². The van der Waals surface area contributed by atoms with Crippen molar-refractivity contribution >= 4 is 17.5 Å². The molecule has 0 saturated heterocycles. The fourth-order valence-corrected chi connectivity index (χ4v) is 1.92. The van der Waals surface area contributed by atoms with E-state index in [1.54, 1.807) is 4.90 Å². The Balaban J connectivity index is 2.52. The number of benzene rings is 1. The van der Waals surface area contributed by atoms with Gasteiger partial charge in [-0.15, -0.1) is 0 Å². The van der Waals surface area contributed by atoms with Crippen LogP contribution in [0.4, 0.5) is 5.69 Å². The number of hydrogen-bond acceptors (Lipinski definition) is 4. The van der Waals surface area contributed by atoms with Crippen LogP contribution in [-0.2, 0) is 16.1 Å². The number of nitrogens with two attached hydrogens (primary N) is 1. The molecule has 0 radical (unpaired) electrons. The molecule has 21 heavy (non-hydrogen) atoms. The summed E-state index contributed by atoms with van der Waals surface area (Å²) in [6.07, 6.45) is 0. The Morgan fingerprint density at radius 1 is 1.19 bits per heavy atom. The van der Waals surface area contributed by atoms with Gasteiger partial charge in [-0.3, -0.25) is 14.5 Å². The maximum Gasteiger partial charge on any atom is 0.238 e. The van der Waals surface area contributed by atoms with E-state index >= 15 is 0 Å². The lowest BCUT2D eigenvalue weighted by Gasteiger charge is -2.19. The molecule has 1 aromatic carbocycles. The topological polar surface area (TPSA) is 87.5 Å². The molecule has 1 rings (SSSR count). The van der Waals surface area contributed by atoms with E-state index in [0.29, 0.717) is 19.6 Å². The number of amides is 2. The average molecular weight is 292 g/mol. The van der Waals surface area contributed by atoms with Crippen molar-refractivity contribution in [3.8, 4) is 0 Å². The second-order valence-corrected chi connectivity index (χ2v) is 4.71. The van der Waals surface area contributed by atoms with Gasteiger partial charge < -0.3 is 16.4 Å². The Bertz CT molecular complexity index is 476. The molecule has 0 fully saturated rings. The molecule has 0 aliphatic carbocycles. The molecule has 0 unspecified atom stereocenters. The predicted molar refractivity (Wildman–Crippen MR) is 83.8 cm³/mol. The Labute approximate surface area is 125 Å². The fraction of sp³-hybridized carbons (Fsp3) is 0.467. The summed E-state index contributed by atoms with van der Waals surface area (Å²) in [5, 5.41) is 5.54. The molecule has 0 spiro atoms. The molecule has 0 saturated carbocycles. The highest BCUT2D eigenvalue weighted by Crippen LogP contribution is 2.10. The van der Waals surface area contributed by atoms with Crippen LogP contribution in [0.25, 0.3) is 0 Å². The number of nitrogens with one attached hydrogen (secondary N) is 2. The third kappa shape index (κ3) is 6.37. The smallest absolute Gasteiger partial charge is 0.238 e. The molecule has 0 aromatic heterocycles. The van der Waals surface area contributed by atoms with Gasteiger partial charge in [0.15, 0.2) is 0 Å². The zero-order chi connectivity index (χ0) is 15.7. The van der Waals surface area contributed by atoms with Gasteiger partial charge in [-0.25, -0.2) is 0 Å². The van der Waals surface area contributed by atoms with Crippen LogP contribution >= 0.6 is 0 Å². The average Bonchev–Trinajstić information content (AvgIpc) is 2.46. The van der Waals surface area contributed by atoms with Crippen molar-refractivity contribution in [2.45, 2.75) is 20.4 Å². The zero-order valence-corrected chi connectivity index (χ0v) is 12.7. The highest BCUT2D eigenvalue weighted by atomic mass is 16.2. The van der Waals surface area contributed by atoms with Crippen molar-refractivity contribution < 1.29 is 9.59 Å². The quantitative estimate of drug-likeness (QED) is 0.652.